The minimum Gasteiger partial charge on any atom is -0.345 e. The first-order chi connectivity index (χ1) is 9.54. The Balaban J connectivity index is 1.63. The van der Waals surface area contributed by atoms with Crippen molar-refractivity contribution in [1.29, 1.82) is 0 Å². The summed E-state index contributed by atoms with van der Waals surface area (Å²) in [6, 6.07) is 0.412. The molecule has 0 saturated carbocycles. The topological polar surface area (TPSA) is 44.3 Å². The zero-order chi connectivity index (χ0) is 14.2. The fourth-order valence-corrected chi connectivity index (χ4v) is 3.44. The summed E-state index contributed by atoms with van der Waals surface area (Å²) in [5, 5.41) is 3.68. The molecule has 2 aliphatic heterocycles. The molecule has 1 aromatic rings. The smallest absolute Gasteiger partial charge is 0.345 e. The second kappa shape index (κ2) is 5.45. The number of hydrogen-bond acceptors (Lipinski definition) is 6. The molecule has 112 valence electrons. The van der Waals surface area contributed by atoms with Gasteiger partial charge < -0.3 is 10.2 Å². The molecule has 1 N–H and O–H groups in total. The molecule has 3 rings (SSSR count). The van der Waals surface area contributed by atoms with Gasteiger partial charge in [0.2, 0.25) is 11.0 Å². The number of hydrogen-bond donors (Lipinski definition) is 1. The van der Waals surface area contributed by atoms with Crippen LogP contribution < -0.4 is 10.2 Å². The minimum absolute atomic E-state index is 0.384. The van der Waals surface area contributed by atoms with Crippen molar-refractivity contribution in [3.63, 3.8) is 0 Å². The first-order valence-corrected chi connectivity index (χ1v) is 7.42. The van der Waals surface area contributed by atoms with Crippen LogP contribution in [0.5, 0.6) is 0 Å². The Morgan fingerprint density at radius 1 is 1.20 bits per heavy atom. The highest BCUT2D eigenvalue weighted by atomic mass is 32.1. The third-order valence-corrected chi connectivity index (χ3v) is 4.55. The molecule has 2 aliphatic rings. The lowest BCUT2D eigenvalue weighted by atomic mass is 10.2. The first kappa shape index (κ1) is 14.0. The highest BCUT2D eigenvalue weighted by molar-refractivity contribution is 7.09. The zero-order valence-corrected chi connectivity index (χ0v) is 11.7. The van der Waals surface area contributed by atoms with E-state index < -0.39 is 12.0 Å². The molecule has 1 aromatic heterocycles. The van der Waals surface area contributed by atoms with Crippen LogP contribution in [-0.4, -0.2) is 59.6 Å². The summed E-state index contributed by atoms with van der Waals surface area (Å²) in [5.41, 5.74) is 0. The van der Waals surface area contributed by atoms with Gasteiger partial charge in [-0.25, -0.2) is 0 Å². The van der Waals surface area contributed by atoms with Crippen LogP contribution in [0, 0.1) is 0 Å². The van der Waals surface area contributed by atoms with Crippen molar-refractivity contribution in [2.24, 2.45) is 0 Å². The van der Waals surface area contributed by atoms with Crippen molar-refractivity contribution >= 4 is 16.7 Å². The van der Waals surface area contributed by atoms with Gasteiger partial charge >= 0.3 is 6.18 Å². The Labute approximate surface area is 118 Å². The SMILES string of the molecule is FC(F)(F)c1nsc(N2CCC(N3CCNCC3)C2)n1. The standard InChI is InChI=1S/C11H16F3N5S/c12-11(13,14)9-16-10(20-17-9)19-4-1-8(7-19)18-5-2-15-3-6-18/h8,15H,1-7H2. The Morgan fingerprint density at radius 3 is 2.60 bits per heavy atom. The summed E-state index contributed by atoms with van der Waals surface area (Å²) in [6.07, 6.45) is -3.48. The number of nitrogens with one attached hydrogen (secondary N) is 1. The number of anilines is 1. The minimum atomic E-state index is -4.45. The Kier molecular flexibility index (Phi) is 3.83. The van der Waals surface area contributed by atoms with E-state index in [9.17, 15) is 13.2 Å². The van der Waals surface area contributed by atoms with E-state index in [4.69, 9.17) is 0 Å². The van der Waals surface area contributed by atoms with Gasteiger partial charge in [-0.2, -0.15) is 22.5 Å². The molecule has 0 aromatic carbocycles. The Bertz CT molecular complexity index is 457. The third kappa shape index (κ3) is 2.89. The van der Waals surface area contributed by atoms with Crippen molar-refractivity contribution in [3.05, 3.63) is 5.82 Å². The van der Waals surface area contributed by atoms with E-state index in [0.29, 0.717) is 11.2 Å². The number of rotatable bonds is 2. The average molecular weight is 307 g/mol. The largest absolute Gasteiger partial charge is 0.452 e. The van der Waals surface area contributed by atoms with Crippen molar-refractivity contribution in [2.45, 2.75) is 18.6 Å². The van der Waals surface area contributed by atoms with Gasteiger partial charge in [0.15, 0.2) is 0 Å². The van der Waals surface area contributed by atoms with Gasteiger partial charge in [-0.1, -0.05) is 0 Å². The van der Waals surface area contributed by atoms with E-state index in [2.05, 4.69) is 19.6 Å². The highest BCUT2D eigenvalue weighted by Gasteiger charge is 2.37. The third-order valence-electron chi connectivity index (χ3n) is 3.77. The summed E-state index contributed by atoms with van der Waals surface area (Å²) in [7, 11) is 0. The van der Waals surface area contributed by atoms with E-state index in [1.807, 2.05) is 4.90 Å². The highest BCUT2D eigenvalue weighted by Crippen LogP contribution is 2.31. The number of halogens is 3. The van der Waals surface area contributed by atoms with Gasteiger partial charge in [0.25, 0.3) is 0 Å². The summed E-state index contributed by atoms with van der Waals surface area (Å²) >= 11 is 0.836. The summed E-state index contributed by atoms with van der Waals surface area (Å²) < 4.78 is 40.9. The van der Waals surface area contributed by atoms with Gasteiger partial charge in [-0.3, -0.25) is 4.90 Å². The molecule has 9 heteroatoms. The second-order valence-corrected chi connectivity index (χ2v) is 5.80. The molecule has 3 heterocycles. The zero-order valence-electron chi connectivity index (χ0n) is 10.9. The maximum Gasteiger partial charge on any atom is 0.452 e. The van der Waals surface area contributed by atoms with Gasteiger partial charge in [-0.05, 0) is 6.42 Å². The number of aromatic nitrogens is 2. The van der Waals surface area contributed by atoms with Crippen molar-refractivity contribution in [2.75, 3.05) is 44.2 Å². The molecule has 0 aliphatic carbocycles. The lowest BCUT2D eigenvalue weighted by molar-refractivity contribution is -0.144. The van der Waals surface area contributed by atoms with Crippen LogP contribution in [0.15, 0.2) is 0 Å². The quantitative estimate of drug-likeness (QED) is 0.884. The second-order valence-electron chi connectivity index (χ2n) is 5.07. The molecule has 2 fully saturated rings. The lowest BCUT2D eigenvalue weighted by Crippen LogP contribution is -2.49. The number of piperazine rings is 1. The maximum absolute atomic E-state index is 12.5. The monoisotopic (exact) mass is 307 g/mol. The Morgan fingerprint density at radius 2 is 1.95 bits per heavy atom. The van der Waals surface area contributed by atoms with E-state index >= 15 is 0 Å². The molecule has 1 unspecified atom stereocenters. The van der Waals surface area contributed by atoms with Gasteiger partial charge in [-0.15, -0.1) is 0 Å². The fourth-order valence-electron chi connectivity index (χ4n) is 2.72. The molecule has 20 heavy (non-hydrogen) atoms. The van der Waals surface area contributed by atoms with Crippen LogP contribution in [0.25, 0.3) is 0 Å². The predicted octanol–water partition coefficient (Wildman–Crippen LogP) is 1.04. The first-order valence-electron chi connectivity index (χ1n) is 6.64. The van der Waals surface area contributed by atoms with Crippen LogP contribution in [-0.2, 0) is 6.18 Å². The molecule has 5 nitrogen and oxygen atoms in total. The summed E-state index contributed by atoms with van der Waals surface area (Å²) in [4.78, 5) is 7.94. The van der Waals surface area contributed by atoms with Crippen LogP contribution in [0.2, 0.25) is 0 Å². The van der Waals surface area contributed by atoms with E-state index in [1.165, 1.54) is 0 Å². The molecule has 0 amide bonds. The van der Waals surface area contributed by atoms with Gasteiger partial charge in [0.05, 0.1) is 0 Å². The predicted molar refractivity (Wildman–Crippen MR) is 70.0 cm³/mol. The van der Waals surface area contributed by atoms with Gasteiger partial charge in [0, 0.05) is 56.8 Å². The van der Waals surface area contributed by atoms with Crippen LogP contribution in [0.1, 0.15) is 12.2 Å². The molecule has 2 saturated heterocycles. The van der Waals surface area contributed by atoms with E-state index in [1.54, 1.807) is 0 Å². The summed E-state index contributed by atoms with van der Waals surface area (Å²) in [5.74, 6) is -1.02. The summed E-state index contributed by atoms with van der Waals surface area (Å²) in [6.45, 7) is 5.46. The van der Waals surface area contributed by atoms with Crippen molar-refractivity contribution < 1.29 is 13.2 Å². The van der Waals surface area contributed by atoms with E-state index in [-0.39, 0.29) is 0 Å². The van der Waals surface area contributed by atoms with Crippen LogP contribution in [0.3, 0.4) is 0 Å². The van der Waals surface area contributed by atoms with Crippen molar-refractivity contribution in [3.8, 4) is 0 Å². The molecular formula is C11H16F3N5S. The molecule has 0 radical (unpaired) electrons. The van der Waals surface area contributed by atoms with Gasteiger partial charge in [0.1, 0.15) is 0 Å². The van der Waals surface area contributed by atoms with Crippen LogP contribution in [0.4, 0.5) is 18.3 Å². The fraction of sp³-hybridized carbons (Fsp3) is 0.818. The molecular weight excluding hydrogens is 291 g/mol. The van der Waals surface area contributed by atoms with E-state index in [0.717, 1.165) is 57.2 Å². The number of nitrogens with zero attached hydrogens (tertiary/aromatic N) is 4. The number of alkyl halides is 3. The maximum atomic E-state index is 12.5. The van der Waals surface area contributed by atoms with Crippen LogP contribution >= 0.6 is 11.5 Å². The molecule has 1 atom stereocenters. The molecule has 0 bridgehead atoms. The lowest BCUT2D eigenvalue weighted by Gasteiger charge is -2.32. The van der Waals surface area contributed by atoms with Crippen molar-refractivity contribution in [1.82, 2.24) is 19.6 Å². The molecule has 0 spiro atoms. The Hall–Kier alpha value is -0.930. The normalized spacial score (nSPS) is 25.4. The average Bonchev–Trinajstić information content (AvgIpc) is 3.08.